The van der Waals surface area contributed by atoms with E-state index in [4.69, 9.17) is 14.2 Å². The number of hydrogen-bond donors (Lipinski definition) is 2. The van der Waals surface area contributed by atoms with E-state index in [0.29, 0.717) is 0 Å². The number of ether oxygens (including phenoxy) is 3. The van der Waals surface area contributed by atoms with E-state index in [1.165, 1.54) is 11.8 Å². The third-order valence-corrected chi connectivity index (χ3v) is 4.79. The van der Waals surface area contributed by atoms with Gasteiger partial charge >= 0.3 is 0 Å². The molecule has 2 aliphatic rings. The highest BCUT2D eigenvalue weighted by molar-refractivity contribution is 7.99. The normalized spacial score (nSPS) is 38.2. The first-order valence-electron chi connectivity index (χ1n) is 7.02. The highest BCUT2D eigenvalue weighted by Crippen LogP contribution is 2.42. The highest BCUT2D eigenvalue weighted by Gasteiger charge is 2.54. The van der Waals surface area contributed by atoms with Crippen LogP contribution in [0.15, 0.2) is 35.2 Å². The van der Waals surface area contributed by atoms with E-state index in [-0.39, 0.29) is 18.1 Å². The van der Waals surface area contributed by atoms with Crippen molar-refractivity contribution in [2.24, 2.45) is 0 Å². The molecule has 21 heavy (non-hydrogen) atoms. The summed E-state index contributed by atoms with van der Waals surface area (Å²) in [5.41, 5.74) is -0.334. The Kier molecular flexibility index (Phi) is 4.27. The average molecular weight is 312 g/mol. The second kappa shape index (κ2) is 5.87. The predicted molar refractivity (Wildman–Crippen MR) is 77.9 cm³/mol. The molecule has 3 rings (SSSR count). The van der Waals surface area contributed by atoms with Gasteiger partial charge in [-0.05, 0) is 26.0 Å². The molecule has 0 amide bonds. The van der Waals surface area contributed by atoms with Crippen molar-refractivity contribution in [1.82, 2.24) is 0 Å². The number of benzene rings is 1. The molecule has 0 aromatic heterocycles. The molecule has 1 aromatic carbocycles. The van der Waals surface area contributed by atoms with Gasteiger partial charge in [0.2, 0.25) is 0 Å². The summed E-state index contributed by atoms with van der Waals surface area (Å²) in [6.45, 7) is 3.38. The van der Waals surface area contributed by atoms with Crippen LogP contribution < -0.4 is 0 Å². The van der Waals surface area contributed by atoms with Crippen molar-refractivity contribution in [2.75, 3.05) is 6.61 Å². The molecule has 0 saturated carbocycles. The SMILES string of the molecule is CC1(C)O[C@H]2[C@H](O)[C@@H](CO)O[C@H](Sc3ccccc3)[C@H]2O1. The summed E-state index contributed by atoms with van der Waals surface area (Å²) >= 11 is 1.51. The van der Waals surface area contributed by atoms with E-state index in [9.17, 15) is 10.2 Å². The van der Waals surface area contributed by atoms with Gasteiger partial charge in [-0.3, -0.25) is 0 Å². The zero-order valence-corrected chi connectivity index (χ0v) is 12.8. The van der Waals surface area contributed by atoms with Crippen molar-refractivity contribution in [3.63, 3.8) is 0 Å². The quantitative estimate of drug-likeness (QED) is 0.879. The summed E-state index contributed by atoms with van der Waals surface area (Å²) in [7, 11) is 0. The fraction of sp³-hybridized carbons (Fsp3) is 0.600. The Bertz CT molecular complexity index is 480. The standard InChI is InChI=1S/C15H20O5S/c1-15(2)19-12-11(17)10(8-16)18-14(13(12)20-15)21-9-6-4-3-5-7-9/h3-7,10-14,16-17H,8H2,1-2H3/t10-,11-,12+,13+,14-/m1/s1. The molecular weight excluding hydrogens is 292 g/mol. The first-order valence-corrected chi connectivity index (χ1v) is 7.90. The van der Waals surface area contributed by atoms with Gasteiger partial charge in [0, 0.05) is 4.90 Å². The molecule has 0 aliphatic carbocycles. The van der Waals surface area contributed by atoms with Gasteiger partial charge in [-0.15, -0.1) is 0 Å². The molecular formula is C15H20O5S. The van der Waals surface area contributed by atoms with Crippen molar-refractivity contribution in [3.05, 3.63) is 30.3 Å². The Morgan fingerprint density at radius 2 is 1.81 bits per heavy atom. The van der Waals surface area contributed by atoms with E-state index in [1.54, 1.807) is 0 Å². The molecule has 2 saturated heterocycles. The Labute approximate surface area is 128 Å². The molecule has 0 unspecified atom stereocenters. The molecule has 1 aromatic rings. The molecule has 2 aliphatic heterocycles. The third-order valence-electron chi connectivity index (χ3n) is 3.63. The van der Waals surface area contributed by atoms with E-state index < -0.39 is 24.1 Å². The fourth-order valence-electron chi connectivity index (χ4n) is 2.71. The van der Waals surface area contributed by atoms with E-state index in [2.05, 4.69) is 0 Å². The fourth-order valence-corrected chi connectivity index (χ4v) is 3.84. The van der Waals surface area contributed by atoms with Crippen LogP contribution in [0.5, 0.6) is 0 Å². The summed E-state index contributed by atoms with van der Waals surface area (Å²) in [6.07, 6.45) is -2.42. The predicted octanol–water partition coefficient (Wildman–Crippen LogP) is 1.38. The second-order valence-electron chi connectivity index (χ2n) is 5.71. The van der Waals surface area contributed by atoms with Crippen LogP contribution >= 0.6 is 11.8 Å². The zero-order valence-electron chi connectivity index (χ0n) is 12.0. The number of thioether (sulfide) groups is 1. The van der Waals surface area contributed by atoms with Crippen LogP contribution in [0.2, 0.25) is 0 Å². The summed E-state index contributed by atoms with van der Waals surface area (Å²) in [5.74, 6) is -0.764. The lowest BCUT2D eigenvalue weighted by atomic mass is 10.0. The first kappa shape index (κ1) is 15.3. The van der Waals surface area contributed by atoms with Crippen LogP contribution in [0.1, 0.15) is 13.8 Å². The van der Waals surface area contributed by atoms with Crippen molar-refractivity contribution >= 4 is 11.8 Å². The van der Waals surface area contributed by atoms with Gasteiger partial charge in [-0.1, -0.05) is 30.0 Å². The highest BCUT2D eigenvalue weighted by atomic mass is 32.2. The van der Waals surface area contributed by atoms with Gasteiger partial charge in [0.05, 0.1) is 6.61 Å². The smallest absolute Gasteiger partial charge is 0.164 e. The molecule has 5 nitrogen and oxygen atoms in total. The van der Waals surface area contributed by atoms with Gasteiger partial charge in [0.25, 0.3) is 0 Å². The topological polar surface area (TPSA) is 68.2 Å². The molecule has 6 heteroatoms. The molecule has 116 valence electrons. The number of aliphatic hydroxyl groups is 2. The van der Waals surface area contributed by atoms with Crippen LogP contribution in [-0.4, -0.2) is 52.5 Å². The molecule has 0 radical (unpaired) electrons. The Balaban J connectivity index is 1.81. The van der Waals surface area contributed by atoms with Gasteiger partial charge in [-0.25, -0.2) is 0 Å². The molecule has 0 bridgehead atoms. The maximum atomic E-state index is 10.3. The average Bonchev–Trinajstić information content (AvgIpc) is 2.79. The van der Waals surface area contributed by atoms with Crippen molar-refractivity contribution < 1.29 is 24.4 Å². The lowest BCUT2D eigenvalue weighted by Gasteiger charge is -2.39. The van der Waals surface area contributed by atoms with Crippen LogP contribution in [0.3, 0.4) is 0 Å². The first-order chi connectivity index (χ1) is 10.00. The summed E-state index contributed by atoms with van der Waals surface area (Å²) < 4.78 is 17.5. The third kappa shape index (κ3) is 3.11. The lowest BCUT2D eigenvalue weighted by Crippen LogP contribution is -2.56. The molecule has 5 atom stereocenters. The Morgan fingerprint density at radius 1 is 1.14 bits per heavy atom. The van der Waals surface area contributed by atoms with Gasteiger partial charge < -0.3 is 24.4 Å². The van der Waals surface area contributed by atoms with Gasteiger partial charge in [0.1, 0.15) is 29.9 Å². The monoisotopic (exact) mass is 312 g/mol. The molecule has 2 N–H and O–H groups in total. The zero-order chi connectivity index (χ0) is 15.0. The number of fused-ring (bicyclic) bond motifs is 1. The van der Waals surface area contributed by atoms with E-state index in [0.717, 1.165) is 4.90 Å². The van der Waals surface area contributed by atoms with E-state index >= 15 is 0 Å². The summed E-state index contributed by atoms with van der Waals surface area (Å²) in [6, 6.07) is 9.84. The number of aliphatic hydroxyl groups excluding tert-OH is 2. The van der Waals surface area contributed by atoms with Crippen molar-refractivity contribution in [1.29, 1.82) is 0 Å². The second-order valence-corrected chi connectivity index (χ2v) is 6.88. The number of rotatable bonds is 3. The van der Waals surface area contributed by atoms with Gasteiger partial charge in [0.15, 0.2) is 5.79 Å². The maximum Gasteiger partial charge on any atom is 0.164 e. The Morgan fingerprint density at radius 3 is 2.48 bits per heavy atom. The van der Waals surface area contributed by atoms with Crippen LogP contribution in [0, 0.1) is 0 Å². The Hall–Kier alpha value is -0.630. The minimum Gasteiger partial charge on any atom is -0.394 e. The van der Waals surface area contributed by atoms with Crippen LogP contribution in [0.4, 0.5) is 0 Å². The van der Waals surface area contributed by atoms with Crippen LogP contribution in [0.25, 0.3) is 0 Å². The van der Waals surface area contributed by atoms with Gasteiger partial charge in [-0.2, -0.15) is 0 Å². The maximum absolute atomic E-state index is 10.3. The summed E-state index contributed by atoms with van der Waals surface area (Å²) in [5, 5.41) is 19.7. The molecule has 2 fully saturated rings. The van der Waals surface area contributed by atoms with E-state index in [1.807, 2.05) is 44.2 Å². The summed E-state index contributed by atoms with van der Waals surface area (Å²) in [4.78, 5) is 1.04. The van der Waals surface area contributed by atoms with Crippen molar-refractivity contribution in [3.8, 4) is 0 Å². The number of hydrogen-bond acceptors (Lipinski definition) is 6. The lowest BCUT2D eigenvalue weighted by molar-refractivity contribution is -0.173. The van der Waals surface area contributed by atoms with Crippen molar-refractivity contribution in [2.45, 2.75) is 54.4 Å². The molecule has 2 heterocycles. The largest absolute Gasteiger partial charge is 0.394 e. The molecule has 0 spiro atoms. The van der Waals surface area contributed by atoms with Crippen LogP contribution in [-0.2, 0) is 14.2 Å². The minimum absolute atomic E-state index is 0.250. The minimum atomic E-state index is -0.894.